The van der Waals surface area contributed by atoms with Crippen molar-refractivity contribution in [1.82, 2.24) is 20.5 Å². The van der Waals surface area contributed by atoms with E-state index in [1.807, 2.05) is 13.8 Å². The van der Waals surface area contributed by atoms with E-state index in [9.17, 15) is 0 Å². The molecule has 130 valence electrons. The normalized spacial score (nSPS) is 19.3. The average molecular weight is 323 g/mol. The van der Waals surface area contributed by atoms with Crippen LogP contribution < -0.4 is 10.6 Å². The Hall–Kier alpha value is -1.60. The van der Waals surface area contributed by atoms with Crippen LogP contribution in [0.2, 0.25) is 0 Å². The molecule has 23 heavy (non-hydrogen) atoms. The van der Waals surface area contributed by atoms with Crippen molar-refractivity contribution in [2.24, 2.45) is 4.99 Å². The van der Waals surface area contributed by atoms with E-state index in [4.69, 9.17) is 9.15 Å². The van der Waals surface area contributed by atoms with E-state index in [0.29, 0.717) is 18.5 Å². The molecule has 0 bridgehead atoms. The molecule has 0 saturated carbocycles. The molecule has 1 fully saturated rings. The fourth-order valence-corrected chi connectivity index (χ4v) is 2.84. The molecule has 2 rings (SSSR count). The molecule has 0 amide bonds. The summed E-state index contributed by atoms with van der Waals surface area (Å²) in [5.41, 5.74) is 0.935. The summed E-state index contributed by atoms with van der Waals surface area (Å²) < 4.78 is 10.8. The van der Waals surface area contributed by atoms with Crippen molar-refractivity contribution in [3.63, 3.8) is 0 Å². The average Bonchev–Trinajstić information content (AvgIpc) is 3.12. The Balaban J connectivity index is 1.76. The third kappa shape index (κ3) is 5.21. The first-order valence-electron chi connectivity index (χ1n) is 8.24. The van der Waals surface area contributed by atoms with Crippen LogP contribution >= 0.6 is 0 Å². The van der Waals surface area contributed by atoms with Crippen LogP contribution in [0.1, 0.15) is 30.2 Å². The molecule has 0 radical (unpaired) electrons. The molecule has 7 heteroatoms. The second kappa shape index (κ2) is 8.88. The van der Waals surface area contributed by atoms with Gasteiger partial charge in [0, 0.05) is 33.3 Å². The Morgan fingerprint density at radius 2 is 2.26 bits per heavy atom. The van der Waals surface area contributed by atoms with E-state index in [1.165, 1.54) is 12.8 Å². The van der Waals surface area contributed by atoms with Crippen molar-refractivity contribution in [2.75, 3.05) is 40.4 Å². The first-order valence-corrected chi connectivity index (χ1v) is 8.24. The molecule has 2 heterocycles. The number of oxazole rings is 1. The van der Waals surface area contributed by atoms with E-state index < -0.39 is 0 Å². The first-order chi connectivity index (χ1) is 11.1. The predicted octanol–water partition coefficient (Wildman–Crippen LogP) is 1.07. The zero-order valence-corrected chi connectivity index (χ0v) is 14.7. The summed E-state index contributed by atoms with van der Waals surface area (Å²) in [7, 11) is 3.53. The minimum absolute atomic E-state index is 0.534. The van der Waals surface area contributed by atoms with Gasteiger partial charge in [-0.05, 0) is 33.2 Å². The second-order valence-corrected chi connectivity index (χ2v) is 5.88. The molecule has 0 aliphatic carbocycles. The van der Waals surface area contributed by atoms with Gasteiger partial charge in [0.15, 0.2) is 5.96 Å². The molecular weight excluding hydrogens is 294 g/mol. The summed E-state index contributed by atoms with van der Waals surface area (Å²) in [6.45, 7) is 8.21. The van der Waals surface area contributed by atoms with E-state index >= 15 is 0 Å². The van der Waals surface area contributed by atoms with Gasteiger partial charge in [-0.1, -0.05) is 0 Å². The lowest BCUT2D eigenvalue weighted by molar-refractivity contribution is 0.141. The van der Waals surface area contributed by atoms with Crippen LogP contribution in [0.3, 0.4) is 0 Å². The van der Waals surface area contributed by atoms with Gasteiger partial charge in [-0.15, -0.1) is 0 Å². The molecule has 0 spiro atoms. The lowest BCUT2D eigenvalue weighted by Gasteiger charge is -2.25. The number of hydrogen-bond acceptors (Lipinski definition) is 5. The highest BCUT2D eigenvalue weighted by Gasteiger charge is 2.23. The zero-order valence-electron chi connectivity index (χ0n) is 14.7. The quantitative estimate of drug-likeness (QED) is 0.577. The van der Waals surface area contributed by atoms with E-state index in [-0.39, 0.29) is 0 Å². The van der Waals surface area contributed by atoms with Crippen molar-refractivity contribution in [3.05, 3.63) is 17.3 Å². The maximum atomic E-state index is 5.57. The Bertz CT molecular complexity index is 495. The molecule has 1 saturated heterocycles. The maximum Gasteiger partial charge on any atom is 0.214 e. The molecule has 1 aromatic rings. The second-order valence-electron chi connectivity index (χ2n) is 5.88. The fraction of sp³-hybridized carbons (Fsp3) is 0.750. The standard InChI is InChI=1S/C16H29N5O2/c1-12-13(2)23-15(20-12)11-19-16(17-3)18-10-14-6-5-7-21(14)8-9-22-4/h14H,5-11H2,1-4H3,(H2,17,18,19). The smallest absolute Gasteiger partial charge is 0.214 e. The van der Waals surface area contributed by atoms with Crippen LogP contribution in [0.5, 0.6) is 0 Å². The van der Waals surface area contributed by atoms with Crippen molar-refractivity contribution >= 4 is 5.96 Å². The Morgan fingerprint density at radius 1 is 1.43 bits per heavy atom. The SMILES string of the molecule is CN=C(NCc1nc(C)c(C)o1)NCC1CCCN1CCOC. The van der Waals surface area contributed by atoms with Gasteiger partial charge in [-0.2, -0.15) is 0 Å². The predicted molar refractivity (Wildman–Crippen MR) is 90.6 cm³/mol. The highest BCUT2D eigenvalue weighted by Crippen LogP contribution is 2.15. The molecule has 7 nitrogen and oxygen atoms in total. The van der Waals surface area contributed by atoms with Gasteiger partial charge in [-0.3, -0.25) is 9.89 Å². The van der Waals surface area contributed by atoms with Crippen LogP contribution in [0.15, 0.2) is 9.41 Å². The summed E-state index contributed by atoms with van der Waals surface area (Å²) in [5, 5.41) is 6.64. The van der Waals surface area contributed by atoms with Crippen LogP contribution in [0.25, 0.3) is 0 Å². The number of aliphatic imine (C=N–C) groups is 1. The van der Waals surface area contributed by atoms with Gasteiger partial charge in [0.2, 0.25) is 5.89 Å². The van der Waals surface area contributed by atoms with Gasteiger partial charge in [-0.25, -0.2) is 4.98 Å². The number of hydrogen-bond donors (Lipinski definition) is 2. The topological polar surface area (TPSA) is 74.9 Å². The zero-order chi connectivity index (χ0) is 16.7. The number of nitrogens with one attached hydrogen (secondary N) is 2. The monoisotopic (exact) mass is 323 g/mol. The molecule has 1 aromatic heterocycles. The number of methoxy groups -OCH3 is 1. The summed E-state index contributed by atoms with van der Waals surface area (Å²) in [5.74, 6) is 2.33. The number of aryl methyl sites for hydroxylation is 2. The highest BCUT2D eigenvalue weighted by atomic mass is 16.5. The van der Waals surface area contributed by atoms with Gasteiger partial charge in [0.05, 0.1) is 18.8 Å². The Morgan fingerprint density at radius 3 is 2.91 bits per heavy atom. The summed E-state index contributed by atoms with van der Waals surface area (Å²) in [6.07, 6.45) is 2.46. The lowest BCUT2D eigenvalue weighted by Crippen LogP contribution is -2.45. The van der Waals surface area contributed by atoms with Gasteiger partial charge in [0.1, 0.15) is 5.76 Å². The van der Waals surface area contributed by atoms with E-state index in [2.05, 4.69) is 25.5 Å². The van der Waals surface area contributed by atoms with Gasteiger partial charge in [0.25, 0.3) is 0 Å². The van der Waals surface area contributed by atoms with Crippen LogP contribution in [0.4, 0.5) is 0 Å². The largest absolute Gasteiger partial charge is 0.444 e. The maximum absolute atomic E-state index is 5.57. The Labute approximate surface area is 138 Å². The number of aromatic nitrogens is 1. The van der Waals surface area contributed by atoms with Crippen molar-refractivity contribution in [3.8, 4) is 0 Å². The molecular formula is C16H29N5O2. The fourth-order valence-electron chi connectivity index (χ4n) is 2.84. The molecule has 1 aliphatic heterocycles. The third-order valence-corrected chi connectivity index (χ3v) is 4.29. The molecule has 2 N–H and O–H groups in total. The molecule has 1 atom stereocenters. The first kappa shape index (κ1) is 17.7. The third-order valence-electron chi connectivity index (χ3n) is 4.29. The van der Waals surface area contributed by atoms with Crippen molar-refractivity contribution in [1.29, 1.82) is 0 Å². The number of rotatable bonds is 7. The molecule has 1 unspecified atom stereocenters. The van der Waals surface area contributed by atoms with Gasteiger partial charge >= 0.3 is 0 Å². The van der Waals surface area contributed by atoms with Crippen LogP contribution in [-0.4, -0.2) is 62.3 Å². The Kier molecular flexibility index (Phi) is 6.85. The minimum Gasteiger partial charge on any atom is -0.444 e. The van der Waals surface area contributed by atoms with Crippen LogP contribution in [0, 0.1) is 13.8 Å². The molecule has 0 aromatic carbocycles. The van der Waals surface area contributed by atoms with Crippen molar-refractivity contribution in [2.45, 2.75) is 39.3 Å². The number of guanidine groups is 1. The van der Waals surface area contributed by atoms with Gasteiger partial charge < -0.3 is 19.8 Å². The van der Waals surface area contributed by atoms with Crippen molar-refractivity contribution < 1.29 is 9.15 Å². The van der Waals surface area contributed by atoms with E-state index in [0.717, 1.165) is 43.7 Å². The lowest BCUT2D eigenvalue weighted by atomic mass is 10.2. The van der Waals surface area contributed by atoms with E-state index in [1.54, 1.807) is 14.2 Å². The molecule has 1 aliphatic rings. The number of nitrogens with zero attached hydrogens (tertiary/aromatic N) is 3. The summed E-state index contributed by atoms with van der Waals surface area (Å²) in [4.78, 5) is 11.1. The number of ether oxygens (including phenoxy) is 1. The minimum atomic E-state index is 0.534. The summed E-state index contributed by atoms with van der Waals surface area (Å²) in [6, 6.07) is 0.537. The number of likely N-dealkylation sites (tertiary alicyclic amines) is 1. The highest BCUT2D eigenvalue weighted by molar-refractivity contribution is 5.79. The van der Waals surface area contributed by atoms with Crippen LogP contribution in [-0.2, 0) is 11.3 Å². The summed E-state index contributed by atoms with van der Waals surface area (Å²) >= 11 is 0.